The second-order valence-corrected chi connectivity index (χ2v) is 6.40. The maximum atomic E-state index is 4.59. The van der Waals surface area contributed by atoms with E-state index >= 15 is 0 Å². The van der Waals surface area contributed by atoms with Crippen molar-refractivity contribution in [2.24, 2.45) is 0 Å². The van der Waals surface area contributed by atoms with E-state index in [0.29, 0.717) is 0 Å². The highest BCUT2D eigenvalue weighted by Gasteiger charge is 2.09. The molecule has 0 aliphatic heterocycles. The van der Waals surface area contributed by atoms with E-state index in [2.05, 4.69) is 52.0 Å². The zero-order chi connectivity index (χ0) is 13.9. The van der Waals surface area contributed by atoms with Crippen LogP contribution in [0.5, 0.6) is 0 Å². The fourth-order valence-electron chi connectivity index (χ4n) is 1.59. The number of rotatable bonds is 3. The van der Waals surface area contributed by atoms with Crippen molar-refractivity contribution >= 4 is 15.9 Å². The highest BCUT2D eigenvalue weighted by atomic mass is 79.9. The number of benzene rings is 1. The predicted molar refractivity (Wildman–Crippen MR) is 81.8 cm³/mol. The van der Waals surface area contributed by atoms with Gasteiger partial charge in [0.15, 0.2) is 5.82 Å². The monoisotopic (exact) mass is 319 g/mol. The zero-order valence-corrected chi connectivity index (χ0v) is 13.0. The first-order chi connectivity index (χ1) is 8.94. The molecule has 1 N–H and O–H groups in total. The van der Waals surface area contributed by atoms with Crippen molar-refractivity contribution in [2.75, 3.05) is 0 Å². The Hall–Kier alpha value is -1.26. The molecule has 1 aromatic heterocycles. The molecule has 100 valence electrons. The third-order valence-electron chi connectivity index (χ3n) is 2.62. The van der Waals surface area contributed by atoms with Crippen molar-refractivity contribution in [3.8, 4) is 11.4 Å². The van der Waals surface area contributed by atoms with E-state index in [1.807, 2.05) is 36.5 Å². The summed E-state index contributed by atoms with van der Waals surface area (Å²) < 4.78 is 1.06. The summed E-state index contributed by atoms with van der Waals surface area (Å²) in [5.74, 6) is 0.765. The Morgan fingerprint density at radius 2 is 1.79 bits per heavy atom. The molecule has 0 atom stereocenters. The lowest BCUT2D eigenvalue weighted by molar-refractivity contribution is 0.421. The summed E-state index contributed by atoms with van der Waals surface area (Å²) in [5.41, 5.74) is 2.12. The summed E-state index contributed by atoms with van der Waals surface area (Å²) in [6.45, 7) is 7.17. The Morgan fingerprint density at radius 3 is 2.42 bits per heavy atom. The number of hydrogen-bond acceptors (Lipinski definition) is 3. The highest BCUT2D eigenvalue weighted by molar-refractivity contribution is 9.10. The van der Waals surface area contributed by atoms with Gasteiger partial charge in [0.1, 0.15) is 0 Å². The lowest BCUT2D eigenvalue weighted by atomic mass is 10.1. The minimum atomic E-state index is 0.0860. The van der Waals surface area contributed by atoms with Crippen LogP contribution in [-0.2, 0) is 6.54 Å². The third kappa shape index (κ3) is 4.40. The van der Waals surface area contributed by atoms with E-state index in [4.69, 9.17) is 0 Å². The first-order valence-corrected chi connectivity index (χ1v) is 7.06. The average Bonchev–Trinajstić information content (AvgIpc) is 2.37. The molecule has 0 amide bonds. The van der Waals surface area contributed by atoms with Gasteiger partial charge in [0.05, 0.1) is 5.69 Å². The van der Waals surface area contributed by atoms with E-state index in [1.54, 1.807) is 0 Å². The minimum Gasteiger partial charge on any atom is -0.306 e. The maximum absolute atomic E-state index is 4.59. The highest BCUT2D eigenvalue weighted by Crippen LogP contribution is 2.18. The molecule has 1 heterocycles. The van der Waals surface area contributed by atoms with E-state index in [-0.39, 0.29) is 5.54 Å². The average molecular weight is 320 g/mol. The molecule has 2 rings (SSSR count). The second kappa shape index (κ2) is 5.80. The SMILES string of the molecule is CC(C)(C)NCc1ccnc(-c2ccc(Br)cc2)n1. The van der Waals surface area contributed by atoms with Crippen LogP contribution in [0.4, 0.5) is 0 Å². The number of hydrogen-bond donors (Lipinski definition) is 1. The van der Waals surface area contributed by atoms with Crippen molar-refractivity contribution in [1.82, 2.24) is 15.3 Å². The molecule has 2 aromatic rings. The summed E-state index contributed by atoms with van der Waals surface area (Å²) in [7, 11) is 0. The van der Waals surface area contributed by atoms with Crippen LogP contribution in [0.2, 0.25) is 0 Å². The summed E-state index contributed by atoms with van der Waals surface area (Å²) in [6, 6.07) is 9.97. The van der Waals surface area contributed by atoms with Crippen molar-refractivity contribution in [3.05, 3.63) is 46.7 Å². The Balaban J connectivity index is 2.17. The zero-order valence-electron chi connectivity index (χ0n) is 11.4. The lowest BCUT2D eigenvalue weighted by Gasteiger charge is -2.20. The van der Waals surface area contributed by atoms with E-state index in [1.165, 1.54) is 0 Å². The smallest absolute Gasteiger partial charge is 0.159 e. The molecule has 0 radical (unpaired) electrons. The molecule has 0 aliphatic carbocycles. The molecule has 0 saturated carbocycles. The Kier molecular flexibility index (Phi) is 4.32. The standard InChI is InChI=1S/C15H18BrN3/c1-15(2,3)18-10-13-8-9-17-14(19-13)11-4-6-12(16)7-5-11/h4-9,18H,10H2,1-3H3. The van der Waals surface area contributed by atoms with Crippen molar-refractivity contribution in [3.63, 3.8) is 0 Å². The number of halogens is 1. The Bertz CT molecular complexity index is 544. The van der Waals surface area contributed by atoms with Crippen LogP contribution in [-0.4, -0.2) is 15.5 Å². The van der Waals surface area contributed by atoms with Crippen LogP contribution < -0.4 is 5.32 Å². The molecule has 0 aliphatic rings. The van der Waals surface area contributed by atoms with Crippen LogP contribution in [0.1, 0.15) is 26.5 Å². The fourth-order valence-corrected chi connectivity index (χ4v) is 1.85. The molecule has 0 fully saturated rings. The molecule has 0 bridgehead atoms. The molecule has 4 heteroatoms. The van der Waals surface area contributed by atoms with Gasteiger partial charge in [0, 0.05) is 28.3 Å². The Morgan fingerprint density at radius 1 is 1.11 bits per heavy atom. The Labute approximate surface area is 122 Å². The molecule has 3 nitrogen and oxygen atoms in total. The first-order valence-electron chi connectivity index (χ1n) is 6.27. The number of nitrogens with zero attached hydrogens (tertiary/aromatic N) is 2. The van der Waals surface area contributed by atoms with Gasteiger partial charge in [-0.3, -0.25) is 0 Å². The van der Waals surface area contributed by atoms with Gasteiger partial charge in [-0.05, 0) is 39.0 Å². The van der Waals surface area contributed by atoms with Gasteiger partial charge in [-0.25, -0.2) is 9.97 Å². The topological polar surface area (TPSA) is 37.8 Å². The van der Waals surface area contributed by atoms with Crippen LogP contribution in [0, 0.1) is 0 Å². The lowest BCUT2D eigenvalue weighted by Crippen LogP contribution is -2.35. The largest absolute Gasteiger partial charge is 0.306 e. The van der Waals surface area contributed by atoms with Crippen LogP contribution >= 0.6 is 15.9 Å². The van der Waals surface area contributed by atoms with Crippen molar-refractivity contribution < 1.29 is 0 Å². The first kappa shape index (κ1) is 14.2. The van der Waals surface area contributed by atoms with E-state index in [9.17, 15) is 0 Å². The molecule has 0 unspecified atom stereocenters. The molecule has 0 saturated heterocycles. The van der Waals surface area contributed by atoms with Crippen molar-refractivity contribution in [2.45, 2.75) is 32.9 Å². The van der Waals surface area contributed by atoms with Crippen molar-refractivity contribution in [1.29, 1.82) is 0 Å². The number of aromatic nitrogens is 2. The van der Waals surface area contributed by atoms with Gasteiger partial charge in [0.25, 0.3) is 0 Å². The van der Waals surface area contributed by atoms with Crippen LogP contribution in [0.15, 0.2) is 41.0 Å². The normalized spacial score (nSPS) is 11.6. The predicted octanol–water partition coefficient (Wildman–Crippen LogP) is 3.79. The van der Waals surface area contributed by atoms with Crippen LogP contribution in [0.3, 0.4) is 0 Å². The summed E-state index contributed by atoms with van der Waals surface area (Å²) in [6.07, 6.45) is 1.81. The summed E-state index contributed by atoms with van der Waals surface area (Å²) in [5, 5.41) is 3.43. The summed E-state index contributed by atoms with van der Waals surface area (Å²) in [4.78, 5) is 8.92. The molecular weight excluding hydrogens is 302 g/mol. The molecule has 19 heavy (non-hydrogen) atoms. The van der Waals surface area contributed by atoms with E-state index < -0.39 is 0 Å². The maximum Gasteiger partial charge on any atom is 0.159 e. The second-order valence-electron chi connectivity index (χ2n) is 5.48. The van der Waals surface area contributed by atoms with Crippen LogP contribution in [0.25, 0.3) is 11.4 Å². The van der Waals surface area contributed by atoms with Gasteiger partial charge in [0.2, 0.25) is 0 Å². The van der Waals surface area contributed by atoms with Gasteiger partial charge in [-0.1, -0.05) is 28.1 Å². The van der Waals surface area contributed by atoms with E-state index in [0.717, 1.165) is 28.1 Å². The quantitative estimate of drug-likeness (QED) is 0.935. The molecular formula is C15H18BrN3. The molecule has 1 aromatic carbocycles. The van der Waals surface area contributed by atoms with Gasteiger partial charge in [-0.2, -0.15) is 0 Å². The third-order valence-corrected chi connectivity index (χ3v) is 3.14. The van der Waals surface area contributed by atoms with Gasteiger partial charge < -0.3 is 5.32 Å². The van der Waals surface area contributed by atoms with Gasteiger partial charge in [-0.15, -0.1) is 0 Å². The number of nitrogens with one attached hydrogen (secondary N) is 1. The summed E-state index contributed by atoms with van der Waals surface area (Å²) >= 11 is 3.43. The minimum absolute atomic E-state index is 0.0860. The fraction of sp³-hybridized carbons (Fsp3) is 0.333. The molecule has 0 spiro atoms. The van der Waals surface area contributed by atoms with Gasteiger partial charge >= 0.3 is 0 Å².